The van der Waals surface area contributed by atoms with Gasteiger partial charge in [-0.1, -0.05) is 35.9 Å². The van der Waals surface area contributed by atoms with Gasteiger partial charge in [0.25, 0.3) is 10.0 Å². The highest BCUT2D eigenvalue weighted by Crippen LogP contribution is 2.39. The molecule has 0 saturated heterocycles. The number of hydrogen-bond donors (Lipinski definition) is 0. The van der Waals surface area contributed by atoms with E-state index in [0.29, 0.717) is 9.87 Å². The number of nitrogens with zero attached hydrogens (tertiary/aromatic N) is 3. The molecule has 0 aliphatic carbocycles. The van der Waals surface area contributed by atoms with E-state index in [1.807, 2.05) is 0 Å². The van der Waals surface area contributed by atoms with Gasteiger partial charge in [0.15, 0.2) is 5.15 Å². The summed E-state index contributed by atoms with van der Waals surface area (Å²) in [6.45, 7) is -0.0164. The Morgan fingerprint density at radius 1 is 1.00 bits per heavy atom. The first kappa shape index (κ1) is 18.4. The number of benzene rings is 2. The lowest BCUT2D eigenvalue weighted by atomic mass is 10.2. The number of para-hydroxylation sites is 1. The van der Waals surface area contributed by atoms with Crippen molar-refractivity contribution in [1.82, 2.24) is 4.98 Å². The molecule has 0 N–H and O–H groups in total. The Labute approximate surface area is 165 Å². The Morgan fingerprint density at radius 2 is 1.75 bits per heavy atom. The van der Waals surface area contributed by atoms with Gasteiger partial charge in [-0.3, -0.25) is 4.90 Å². The summed E-state index contributed by atoms with van der Waals surface area (Å²) >= 11 is 6.07. The molecule has 1 aliphatic rings. The molecular weight excluding hydrogens is 405 g/mol. The molecule has 1 aromatic heterocycles. The molecule has 6 nitrogen and oxygen atoms in total. The van der Waals surface area contributed by atoms with E-state index >= 15 is 0 Å². The van der Waals surface area contributed by atoms with E-state index in [1.54, 1.807) is 18.2 Å². The molecule has 0 fully saturated rings. The maximum Gasteiger partial charge on any atom is 0.343 e. The summed E-state index contributed by atoms with van der Waals surface area (Å²) in [6, 6.07) is 14.0. The second-order valence-electron chi connectivity index (χ2n) is 6.05. The molecule has 0 bridgehead atoms. The lowest BCUT2D eigenvalue weighted by Crippen LogP contribution is -2.50. The van der Waals surface area contributed by atoms with Crippen molar-refractivity contribution in [2.24, 2.45) is 0 Å². The number of fused-ring (bicyclic) bond motifs is 1. The van der Waals surface area contributed by atoms with Crippen molar-refractivity contribution in [2.45, 2.75) is 11.4 Å². The van der Waals surface area contributed by atoms with Crippen LogP contribution in [0, 0.1) is 5.82 Å². The largest absolute Gasteiger partial charge is 0.343 e. The van der Waals surface area contributed by atoms with Crippen LogP contribution >= 0.6 is 11.6 Å². The molecular formula is C19H13ClFN3O3S. The molecule has 28 heavy (non-hydrogen) atoms. The summed E-state index contributed by atoms with van der Waals surface area (Å²) in [4.78, 5) is 18.3. The van der Waals surface area contributed by atoms with Crippen LogP contribution in [0.3, 0.4) is 0 Å². The molecule has 0 atom stereocenters. The minimum atomic E-state index is -4.20. The van der Waals surface area contributed by atoms with Crippen LogP contribution in [0.25, 0.3) is 0 Å². The molecule has 1 aliphatic heterocycles. The Morgan fingerprint density at radius 3 is 2.50 bits per heavy atom. The minimum Gasteiger partial charge on any atom is -0.287 e. The van der Waals surface area contributed by atoms with E-state index in [4.69, 9.17) is 11.6 Å². The Bertz CT molecular complexity index is 1190. The monoisotopic (exact) mass is 417 g/mol. The zero-order valence-electron chi connectivity index (χ0n) is 14.3. The van der Waals surface area contributed by atoms with E-state index < -0.39 is 21.9 Å². The van der Waals surface area contributed by atoms with E-state index in [0.717, 1.165) is 0 Å². The van der Waals surface area contributed by atoms with E-state index in [9.17, 15) is 17.6 Å². The second kappa shape index (κ2) is 6.88. The van der Waals surface area contributed by atoms with Gasteiger partial charge < -0.3 is 0 Å². The molecule has 142 valence electrons. The minimum absolute atomic E-state index is 0.0164. The van der Waals surface area contributed by atoms with Gasteiger partial charge in [-0.25, -0.2) is 22.6 Å². The third kappa shape index (κ3) is 3.00. The third-order valence-corrected chi connectivity index (χ3v) is 6.29. The fourth-order valence-electron chi connectivity index (χ4n) is 3.04. The third-order valence-electron chi connectivity index (χ3n) is 4.27. The predicted octanol–water partition coefficient (Wildman–Crippen LogP) is 4.21. The highest BCUT2D eigenvalue weighted by Gasteiger charge is 2.43. The van der Waals surface area contributed by atoms with Crippen molar-refractivity contribution in [3.63, 3.8) is 0 Å². The number of urea groups is 1. The van der Waals surface area contributed by atoms with Gasteiger partial charge in [0.05, 0.1) is 17.9 Å². The maximum absolute atomic E-state index is 13.6. The zero-order valence-corrected chi connectivity index (χ0v) is 15.9. The number of hydrogen-bond acceptors (Lipinski definition) is 4. The van der Waals surface area contributed by atoms with Crippen LogP contribution in [-0.4, -0.2) is 19.4 Å². The number of pyridine rings is 1. The van der Waals surface area contributed by atoms with Gasteiger partial charge in [-0.15, -0.1) is 0 Å². The number of rotatable bonds is 3. The topological polar surface area (TPSA) is 70.6 Å². The fourth-order valence-corrected chi connectivity index (χ4v) is 4.90. The number of anilines is 2. The summed E-state index contributed by atoms with van der Waals surface area (Å²) in [5.74, 6) is -0.449. The molecule has 2 aromatic carbocycles. The molecule has 0 radical (unpaired) electrons. The summed E-state index contributed by atoms with van der Waals surface area (Å²) in [5, 5.41) is -0.121. The molecule has 3 aromatic rings. The smallest absolute Gasteiger partial charge is 0.287 e. The molecule has 2 amide bonds. The SMILES string of the molecule is O=C1N(Cc2cccc(F)c2)c2ccccc2S(=O)(=O)N1c1cccnc1Cl. The molecule has 4 rings (SSSR count). The van der Waals surface area contributed by atoms with Gasteiger partial charge in [0.1, 0.15) is 10.7 Å². The predicted molar refractivity (Wildman–Crippen MR) is 103 cm³/mol. The number of carbonyl (C=O) groups is 1. The Hall–Kier alpha value is -2.97. The molecule has 9 heteroatoms. The highest BCUT2D eigenvalue weighted by atomic mass is 35.5. The number of amides is 2. The molecule has 2 heterocycles. The van der Waals surface area contributed by atoms with Crippen molar-refractivity contribution in [1.29, 1.82) is 0 Å². The van der Waals surface area contributed by atoms with Crippen molar-refractivity contribution < 1.29 is 17.6 Å². The summed E-state index contributed by atoms with van der Waals surface area (Å²) in [7, 11) is -4.20. The average molecular weight is 418 g/mol. The summed E-state index contributed by atoms with van der Waals surface area (Å²) in [6.07, 6.45) is 1.39. The van der Waals surface area contributed by atoms with Crippen LogP contribution in [0.1, 0.15) is 5.56 Å². The maximum atomic E-state index is 13.6. The van der Waals surface area contributed by atoms with Crippen LogP contribution in [0.15, 0.2) is 71.8 Å². The van der Waals surface area contributed by atoms with Crippen molar-refractivity contribution in [3.05, 3.63) is 83.4 Å². The normalized spacial score (nSPS) is 15.4. The molecule has 0 spiro atoms. The van der Waals surface area contributed by atoms with Gasteiger partial charge in [0.2, 0.25) is 0 Å². The van der Waals surface area contributed by atoms with Gasteiger partial charge in [0, 0.05) is 6.20 Å². The second-order valence-corrected chi connectivity index (χ2v) is 8.16. The number of halogens is 2. The van der Waals surface area contributed by atoms with Crippen LogP contribution in [-0.2, 0) is 16.6 Å². The zero-order chi connectivity index (χ0) is 19.9. The standard InChI is InChI=1S/C19H13ClFN3O3S/c20-18-16(8-4-10-22-18)24-19(25)23(12-13-5-3-6-14(21)11-13)15-7-1-2-9-17(15)28(24,26)27/h1-11H,12H2. The summed E-state index contributed by atoms with van der Waals surface area (Å²) in [5.41, 5.74) is 0.681. The van der Waals surface area contributed by atoms with Crippen LogP contribution in [0.5, 0.6) is 0 Å². The van der Waals surface area contributed by atoms with Crippen LogP contribution < -0.4 is 9.21 Å². The lowest BCUT2D eigenvalue weighted by molar-refractivity contribution is 0.253. The van der Waals surface area contributed by atoms with Crippen molar-refractivity contribution in [3.8, 4) is 0 Å². The first-order valence-electron chi connectivity index (χ1n) is 8.20. The van der Waals surface area contributed by atoms with Crippen LogP contribution in [0.2, 0.25) is 5.15 Å². The van der Waals surface area contributed by atoms with Gasteiger partial charge in [-0.2, -0.15) is 4.31 Å². The van der Waals surface area contributed by atoms with E-state index in [1.165, 1.54) is 53.6 Å². The van der Waals surface area contributed by atoms with Crippen LogP contribution in [0.4, 0.5) is 20.6 Å². The first-order valence-corrected chi connectivity index (χ1v) is 10.0. The average Bonchev–Trinajstić information content (AvgIpc) is 2.67. The number of aromatic nitrogens is 1. The number of carbonyl (C=O) groups excluding carboxylic acids is 1. The van der Waals surface area contributed by atoms with Crippen molar-refractivity contribution in [2.75, 3.05) is 9.21 Å². The fraction of sp³-hybridized carbons (Fsp3) is 0.0526. The Kier molecular flexibility index (Phi) is 4.52. The molecule has 0 saturated carbocycles. The van der Waals surface area contributed by atoms with Crippen molar-refractivity contribution >= 4 is 39.0 Å². The van der Waals surface area contributed by atoms with Gasteiger partial charge in [-0.05, 0) is 42.0 Å². The highest BCUT2D eigenvalue weighted by molar-refractivity contribution is 7.94. The lowest BCUT2D eigenvalue weighted by Gasteiger charge is -2.36. The quantitative estimate of drug-likeness (QED) is 0.598. The van der Waals surface area contributed by atoms with E-state index in [2.05, 4.69) is 4.98 Å². The van der Waals surface area contributed by atoms with E-state index in [-0.39, 0.29) is 28.0 Å². The number of sulfonamides is 1. The molecule has 0 unspecified atom stereocenters. The van der Waals surface area contributed by atoms with Gasteiger partial charge >= 0.3 is 6.03 Å². The Balaban J connectivity index is 1.89. The summed E-state index contributed by atoms with van der Waals surface area (Å²) < 4.78 is 40.5. The first-order chi connectivity index (χ1) is 13.4.